The van der Waals surface area contributed by atoms with E-state index in [2.05, 4.69) is 15.9 Å². The third kappa shape index (κ3) is 2.69. The summed E-state index contributed by atoms with van der Waals surface area (Å²) in [5.41, 5.74) is 6.20. The Hall–Kier alpha value is -2.22. The largest absolute Gasteiger partial charge is 0.384 e. The first-order chi connectivity index (χ1) is 9.45. The van der Waals surface area contributed by atoms with E-state index in [9.17, 15) is 8.78 Å². The molecule has 0 aliphatic heterocycles. The molecule has 2 aromatic rings. The Morgan fingerprint density at radius 1 is 1.25 bits per heavy atom. The van der Waals surface area contributed by atoms with E-state index in [1.54, 1.807) is 6.07 Å². The second-order valence-electron chi connectivity index (χ2n) is 4.23. The smallest absolute Gasteiger partial charge is 0.252 e. The van der Waals surface area contributed by atoms with Crippen molar-refractivity contribution >= 4 is 16.9 Å². The van der Waals surface area contributed by atoms with Gasteiger partial charge in [0.15, 0.2) is 11.5 Å². The molecule has 20 heavy (non-hydrogen) atoms. The van der Waals surface area contributed by atoms with Crippen molar-refractivity contribution in [2.45, 2.75) is 33.6 Å². The van der Waals surface area contributed by atoms with Gasteiger partial charge in [-0.15, -0.1) is 6.42 Å². The lowest BCUT2D eigenvalue weighted by atomic mass is 9.97. The van der Waals surface area contributed by atoms with E-state index in [-0.39, 0.29) is 22.9 Å². The predicted molar refractivity (Wildman–Crippen MR) is 77.2 cm³/mol. The molecular formula is C15H17F2N3. The minimum absolute atomic E-state index is 0.0329. The maximum Gasteiger partial charge on any atom is 0.252 e. The molecule has 2 aromatic heterocycles. The number of hydrogen-bond donors (Lipinski definition) is 1. The van der Waals surface area contributed by atoms with Crippen molar-refractivity contribution in [3.63, 3.8) is 0 Å². The highest BCUT2D eigenvalue weighted by molar-refractivity contribution is 5.87. The molecule has 2 heterocycles. The zero-order chi connectivity index (χ0) is 15.4. The second kappa shape index (κ2) is 6.29. The van der Waals surface area contributed by atoms with Gasteiger partial charge in [0.2, 0.25) is 0 Å². The van der Waals surface area contributed by atoms with Crippen LogP contribution >= 0.6 is 0 Å². The average Bonchev–Trinajstić information content (AvgIpc) is 2.42. The molecule has 0 fully saturated rings. The highest BCUT2D eigenvalue weighted by Crippen LogP contribution is 2.29. The zero-order valence-electron chi connectivity index (χ0n) is 12.0. The maximum atomic E-state index is 13.6. The van der Waals surface area contributed by atoms with Gasteiger partial charge in [0.05, 0.1) is 5.56 Å². The summed E-state index contributed by atoms with van der Waals surface area (Å²) in [6.07, 6.45) is 5.25. The van der Waals surface area contributed by atoms with Crippen molar-refractivity contribution in [1.29, 1.82) is 0 Å². The number of anilines is 1. The molecule has 0 aliphatic rings. The molecule has 5 heteroatoms. The Morgan fingerprint density at radius 2 is 1.85 bits per heavy atom. The highest BCUT2D eigenvalue weighted by Gasteiger charge is 2.19. The first-order valence-corrected chi connectivity index (χ1v) is 6.37. The molecule has 0 unspecified atom stereocenters. The Kier molecular flexibility index (Phi) is 4.98. The Balaban J connectivity index is 0.000000956. The molecule has 0 atom stereocenters. The topological polar surface area (TPSA) is 51.8 Å². The number of halogens is 2. The quantitative estimate of drug-likeness (QED) is 0.639. The summed E-state index contributed by atoms with van der Waals surface area (Å²) >= 11 is 0. The lowest BCUT2D eigenvalue weighted by molar-refractivity contribution is 0.481. The van der Waals surface area contributed by atoms with Crippen LogP contribution in [0.2, 0.25) is 0 Å². The fourth-order valence-electron chi connectivity index (χ4n) is 1.85. The van der Waals surface area contributed by atoms with Crippen molar-refractivity contribution in [2.75, 3.05) is 5.73 Å². The van der Waals surface area contributed by atoms with Gasteiger partial charge >= 0.3 is 0 Å². The van der Waals surface area contributed by atoms with E-state index < -0.39 is 11.8 Å². The number of pyridine rings is 2. The number of nitrogens with zero attached hydrogens (tertiary/aromatic N) is 2. The Labute approximate surface area is 117 Å². The molecule has 0 saturated carbocycles. The number of hydrogen-bond acceptors (Lipinski definition) is 3. The third-order valence-electron chi connectivity index (χ3n) is 2.67. The van der Waals surface area contributed by atoms with Gasteiger partial charge in [-0.3, -0.25) is 0 Å². The van der Waals surface area contributed by atoms with E-state index in [4.69, 9.17) is 12.2 Å². The van der Waals surface area contributed by atoms with Crippen LogP contribution in [0.4, 0.5) is 14.6 Å². The van der Waals surface area contributed by atoms with Gasteiger partial charge in [-0.2, -0.15) is 9.37 Å². The van der Waals surface area contributed by atoms with Crippen molar-refractivity contribution < 1.29 is 8.78 Å². The van der Waals surface area contributed by atoms with Crippen LogP contribution in [0.15, 0.2) is 6.07 Å². The Morgan fingerprint density at radius 3 is 2.35 bits per heavy atom. The summed E-state index contributed by atoms with van der Waals surface area (Å²) in [6.45, 7) is 7.80. The maximum absolute atomic E-state index is 13.6. The van der Waals surface area contributed by atoms with Gasteiger partial charge in [-0.05, 0) is 17.5 Å². The molecule has 2 N–H and O–H groups in total. The number of aromatic nitrogens is 2. The number of fused-ring (bicyclic) bond motifs is 1. The number of nitrogen functional groups attached to an aromatic ring is 1. The van der Waals surface area contributed by atoms with Crippen molar-refractivity contribution in [3.8, 4) is 12.3 Å². The summed E-state index contributed by atoms with van der Waals surface area (Å²) in [5, 5.41) is 0.348. The number of nitrogens with two attached hydrogens (primary N) is 1. The average molecular weight is 277 g/mol. The molecule has 0 bridgehead atoms. The lowest BCUT2D eigenvalue weighted by Gasteiger charge is -2.12. The highest BCUT2D eigenvalue weighted by atomic mass is 19.2. The molecule has 0 saturated heterocycles. The molecule has 3 nitrogen and oxygen atoms in total. The molecule has 106 valence electrons. The summed E-state index contributed by atoms with van der Waals surface area (Å²) in [4.78, 5) is 7.35. The number of rotatable bonds is 1. The van der Waals surface area contributed by atoms with Crippen LogP contribution in [0.25, 0.3) is 11.0 Å². The van der Waals surface area contributed by atoms with E-state index in [1.807, 2.05) is 27.7 Å². The number of terminal acetylenes is 1. The minimum Gasteiger partial charge on any atom is -0.384 e. The van der Waals surface area contributed by atoms with Crippen molar-refractivity contribution in [2.24, 2.45) is 0 Å². The molecular weight excluding hydrogens is 260 g/mol. The van der Waals surface area contributed by atoms with Crippen LogP contribution in [0.1, 0.15) is 44.7 Å². The molecule has 0 radical (unpaired) electrons. The van der Waals surface area contributed by atoms with Crippen LogP contribution in [0.3, 0.4) is 0 Å². The first-order valence-electron chi connectivity index (χ1n) is 6.37. The summed E-state index contributed by atoms with van der Waals surface area (Å²) in [7, 11) is 0. The van der Waals surface area contributed by atoms with Crippen LogP contribution < -0.4 is 5.73 Å². The van der Waals surface area contributed by atoms with Crippen LogP contribution in [0.5, 0.6) is 0 Å². The van der Waals surface area contributed by atoms with Gasteiger partial charge in [0.25, 0.3) is 5.95 Å². The van der Waals surface area contributed by atoms with Crippen LogP contribution in [0, 0.1) is 24.1 Å². The fourth-order valence-corrected chi connectivity index (χ4v) is 1.85. The molecule has 0 aliphatic carbocycles. The molecule has 0 amide bonds. The van der Waals surface area contributed by atoms with E-state index in [1.165, 1.54) is 0 Å². The van der Waals surface area contributed by atoms with E-state index >= 15 is 0 Å². The normalized spacial score (nSPS) is 10.1. The minimum atomic E-state index is -1.26. The summed E-state index contributed by atoms with van der Waals surface area (Å²) < 4.78 is 26.9. The van der Waals surface area contributed by atoms with E-state index in [0.717, 1.165) is 0 Å². The fraction of sp³-hybridized carbons (Fsp3) is 0.333. The molecule has 0 spiro atoms. The molecule has 0 aromatic carbocycles. The summed E-state index contributed by atoms with van der Waals surface area (Å²) in [5.74, 6) is 0.0107. The van der Waals surface area contributed by atoms with Crippen LogP contribution in [-0.2, 0) is 0 Å². The first kappa shape index (κ1) is 15.8. The van der Waals surface area contributed by atoms with Crippen LogP contribution in [-0.4, -0.2) is 9.97 Å². The zero-order valence-corrected chi connectivity index (χ0v) is 12.0. The van der Waals surface area contributed by atoms with Gasteiger partial charge in [0.1, 0.15) is 5.82 Å². The van der Waals surface area contributed by atoms with E-state index in [0.29, 0.717) is 10.9 Å². The third-order valence-corrected chi connectivity index (χ3v) is 2.67. The lowest BCUT2D eigenvalue weighted by Crippen LogP contribution is -2.04. The van der Waals surface area contributed by atoms with Crippen molar-refractivity contribution in [3.05, 3.63) is 29.0 Å². The predicted octanol–water partition coefficient (Wildman–Crippen LogP) is 3.62. The SMILES string of the molecule is C#Cc1c(F)c(F)nc2nc(N)cc(C(C)C)c12.CC. The van der Waals surface area contributed by atoms with Gasteiger partial charge in [-0.25, -0.2) is 9.37 Å². The standard InChI is InChI=1S/C13H11F2N3.C2H6/c1-4-7-10-8(6(2)3)5-9(16)17-13(10)18-12(15)11(7)14;1-2/h1,5-6H,2-3H3,(H2,16,17,18);1-2H3. The second-order valence-corrected chi connectivity index (χ2v) is 4.23. The van der Waals surface area contributed by atoms with Gasteiger partial charge < -0.3 is 5.73 Å². The summed E-state index contributed by atoms with van der Waals surface area (Å²) in [6, 6.07) is 1.60. The van der Waals surface area contributed by atoms with Gasteiger partial charge in [0, 0.05) is 5.39 Å². The molecule has 2 rings (SSSR count). The van der Waals surface area contributed by atoms with Gasteiger partial charge in [-0.1, -0.05) is 33.6 Å². The Bertz CT molecular complexity index is 673. The van der Waals surface area contributed by atoms with Crippen molar-refractivity contribution in [1.82, 2.24) is 9.97 Å². The monoisotopic (exact) mass is 277 g/mol.